The number of piperidine rings is 1. The van der Waals surface area contributed by atoms with Crippen molar-refractivity contribution < 1.29 is 18.6 Å². The number of allylic oxidation sites excluding steroid dienone is 3. The summed E-state index contributed by atoms with van der Waals surface area (Å²) in [6.07, 6.45) is 10.6. The van der Waals surface area contributed by atoms with Gasteiger partial charge in [-0.2, -0.15) is 0 Å². The van der Waals surface area contributed by atoms with Gasteiger partial charge in [0.1, 0.15) is 24.1 Å². The van der Waals surface area contributed by atoms with Crippen molar-refractivity contribution in [1.29, 1.82) is 0 Å². The van der Waals surface area contributed by atoms with E-state index in [1.807, 2.05) is 0 Å². The number of rotatable bonds is 7. The fourth-order valence-electron chi connectivity index (χ4n) is 4.09. The Hall–Kier alpha value is -3.01. The molecule has 2 aromatic rings. The van der Waals surface area contributed by atoms with Gasteiger partial charge < -0.3 is 25.2 Å². The monoisotopic (exact) mass is 487 g/mol. The van der Waals surface area contributed by atoms with Crippen LogP contribution in [-0.4, -0.2) is 58.8 Å². The second-order valence-electron chi connectivity index (χ2n) is 8.43. The van der Waals surface area contributed by atoms with Crippen LogP contribution in [0.5, 0.6) is 5.75 Å². The highest BCUT2D eigenvalue weighted by molar-refractivity contribution is 6.22. The number of alkyl halides is 2. The molecule has 1 amide bonds. The van der Waals surface area contributed by atoms with Crippen LogP contribution in [-0.2, 0) is 4.79 Å². The summed E-state index contributed by atoms with van der Waals surface area (Å²) in [6, 6.07) is 3.40. The largest absolute Gasteiger partial charge is 0.633 e. The standard InChI is InChI=1S/C24H27ClFN5O3/c1-34-22-14-20-17(24(28-15-27-20)29-16-7-8-19(26)18(25)12-16)13-21(22)30-23(32)6-5-11-31(33)9-3-2-4-10-31/h5-8,12-15,18-19H,2-4,9-11H2,1H3,(H,30,32)(H,27,28,29)/b6-5+. The quantitative estimate of drug-likeness (QED) is 0.259. The Morgan fingerprint density at radius 3 is 2.85 bits per heavy atom. The van der Waals surface area contributed by atoms with E-state index in [1.54, 1.807) is 30.4 Å². The molecule has 2 N–H and O–H groups in total. The number of carbonyl (C=O) groups excluding carboxylic acids is 1. The van der Waals surface area contributed by atoms with Crippen molar-refractivity contribution in [2.24, 2.45) is 0 Å². The minimum absolute atomic E-state index is 0.272. The van der Waals surface area contributed by atoms with Crippen LogP contribution >= 0.6 is 11.6 Å². The first-order valence-electron chi connectivity index (χ1n) is 11.2. The number of anilines is 2. The van der Waals surface area contributed by atoms with Crippen LogP contribution in [0.4, 0.5) is 15.9 Å². The number of nitrogens with one attached hydrogen (secondary N) is 2. The molecule has 2 heterocycles. The highest BCUT2D eigenvalue weighted by atomic mass is 35.5. The summed E-state index contributed by atoms with van der Waals surface area (Å²) >= 11 is 6.00. The molecule has 2 unspecified atom stereocenters. The smallest absolute Gasteiger partial charge is 0.248 e. The number of aromatic nitrogens is 2. The van der Waals surface area contributed by atoms with E-state index in [9.17, 15) is 14.4 Å². The molecule has 1 fully saturated rings. The molecule has 10 heteroatoms. The number of ether oxygens (including phenoxy) is 1. The minimum Gasteiger partial charge on any atom is -0.633 e. The number of nitrogens with zero attached hydrogens (tertiary/aromatic N) is 3. The molecule has 2 atom stereocenters. The number of hydroxylamine groups is 3. The maximum atomic E-state index is 13.6. The van der Waals surface area contributed by atoms with Gasteiger partial charge in [0, 0.05) is 23.2 Å². The Morgan fingerprint density at radius 2 is 2.12 bits per heavy atom. The van der Waals surface area contributed by atoms with Crippen LogP contribution < -0.4 is 15.4 Å². The van der Waals surface area contributed by atoms with Crippen LogP contribution in [0.25, 0.3) is 10.9 Å². The van der Waals surface area contributed by atoms with Crippen molar-refractivity contribution in [3.8, 4) is 5.75 Å². The van der Waals surface area contributed by atoms with Crippen molar-refractivity contribution in [3.63, 3.8) is 0 Å². The molecule has 1 saturated heterocycles. The predicted octanol–water partition coefficient (Wildman–Crippen LogP) is 4.44. The lowest BCUT2D eigenvalue weighted by Gasteiger charge is -2.44. The molecule has 0 spiro atoms. The number of likely N-dealkylation sites (tertiary alicyclic amines) is 1. The Balaban J connectivity index is 1.53. The van der Waals surface area contributed by atoms with Crippen LogP contribution in [0, 0.1) is 5.21 Å². The topological polar surface area (TPSA) is 99.2 Å². The summed E-state index contributed by atoms with van der Waals surface area (Å²) in [7, 11) is 1.50. The van der Waals surface area contributed by atoms with E-state index >= 15 is 0 Å². The number of hydrogen-bond donors (Lipinski definition) is 2. The molecule has 1 aliphatic carbocycles. The zero-order valence-electron chi connectivity index (χ0n) is 18.8. The van der Waals surface area contributed by atoms with E-state index < -0.39 is 11.5 Å². The summed E-state index contributed by atoms with van der Waals surface area (Å²) in [5.74, 6) is 0.531. The minimum atomic E-state index is -1.25. The molecular formula is C24H27ClFN5O3. The second-order valence-corrected chi connectivity index (χ2v) is 8.93. The summed E-state index contributed by atoms with van der Waals surface area (Å²) in [6.45, 7) is 1.44. The third-order valence-corrected chi connectivity index (χ3v) is 6.29. The lowest BCUT2D eigenvalue weighted by molar-refractivity contribution is -0.879. The first kappa shape index (κ1) is 24.1. The van der Waals surface area contributed by atoms with E-state index in [1.165, 1.54) is 25.6 Å². The number of amides is 1. The van der Waals surface area contributed by atoms with Gasteiger partial charge in [0.15, 0.2) is 0 Å². The fraction of sp³-hybridized carbons (Fsp3) is 0.375. The Bertz CT molecular complexity index is 1150. The van der Waals surface area contributed by atoms with E-state index in [-0.39, 0.29) is 17.1 Å². The Morgan fingerprint density at radius 1 is 1.32 bits per heavy atom. The first-order valence-corrected chi connectivity index (χ1v) is 11.6. The molecule has 0 bridgehead atoms. The molecular weight excluding hydrogens is 461 g/mol. The van der Waals surface area contributed by atoms with Gasteiger partial charge in [-0.3, -0.25) is 4.79 Å². The summed E-state index contributed by atoms with van der Waals surface area (Å²) < 4.78 is 18.8. The number of quaternary nitrogens is 1. The number of hydrogen-bond acceptors (Lipinski definition) is 6. The van der Waals surface area contributed by atoms with E-state index in [4.69, 9.17) is 16.3 Å². The molecule has 180 valence electrons. The van der Waals surface area contributed by atoms with Crippen LogP contribution in [0.3, 0.4) is 0 Å². The average Bonchev–Trinajstić information content (AvgIpc) is 2.82. The summed E-state index contributed by atoms with van der Waals surface area (Å²) in [5.41, 5.74) is 1.63. The number of methoxy groups -OCH3 is 1. The van der Waals surface area contributed by atoms with Gasteiger partial charge in [-0.25, -0.2) is 14.4 Å². The van der Waals surface area contributed by atoms with Crippen LogP contribution in [0.15, 0.2) is 54.5 Å². The van der Waals surface area contributed by atoms with Crippen molar-refractivity contribution in [2.75, 3.05) is 37.4 Å². The number of carbonyl (C=O) groups is 1. The zero-order chi connectivity index (χ0) is 24.1. The lowest BCUT2D eigenvalue weighted by Crippen LogP contribution is -2.46. The first-order chi connectivity index (χ1) is 16.4. The molecule has 4 rings (SSSR count). The van der Waals surface area contributed by atoms with Crippen molar-refractivity contribution in [3.05, 3.63) is 59.7 Å². The molecule has 2 aliphatic rings. The highest BCUT2D eigenvalue weighted by Crippen LogP contribution is 2.33. The van der Waals surface area contributed by atoms with Crippen molar-refractivity contribution in [1.82, 2.24) is 9.97 Å². The molecule has 34 heavy (non-hydrogen) atoms. The van der Waals surface area contributed by atoms with Crippen LogP contribution in [0.1, 0.15) is 19.3 Å². The Labute approximate surface area is 202 Å². The average molecular weight is 488 g/mol. The third-order valence-electron chi connectivity index (χ3n) is 5.92. The lowest BCUT2D eigenvalue weighted by atomic mass is 10.1. The predicted molar refractivity (Wildman–Crippen MR) is 131 cm³/mol. The molecule has 0 saturated carbocycles. The number of fused-ring (bicyclic) bond motifs is 1. The van der Waals surface area contributed by atoms with Gasteiger partial charge >= 0.3 is 0 Å². The summed E-state index contributed by atoms with van der Waals surface area (Å²) in [5, 5.41) is 18.4. The maximum absolute atomic E-state index is 13.6. The molecule has 8 nitrogen and oxygen atoms in total. The normalized spacial score (nSPS) is 21.9. The molecule has 1 aromatic carbocycles. The summed E-state index contributed by atoms with van der Waals surface area (Å²) in [4.78, 5) is 21.1. The van der Waals surface area contributed by atoms with Gasteiger partial charge in [-0.05, 0) is 49.6 Å². The molecule has 0 radical (unpaired) electrons. The van der Waals surface area contributed by atoms with Crippen LogP contribution in [0.2, 0.25) is 0 Å². The third kappa shape index (κ3) is 5.72. The maximum Gasteiger partial charge on any atom is 0.248 e. The van der Waals surface area contributed by atoms with Gasteiger partial charge in [-0.1, -0.05) is 0 Å². The highest BCUT2D eigenvalue weighted by Gasteiger charge is 2.20. The van der Waals surface area contributed by atoms with E-state index in [2.05, 4.69) is 20.6 Å². The van der Waals surface area contributed by atoms with Gasteiger partial charge in [-0.15, -0.1) is 11.6 Å². The van der Waals surface area contributed by atoms with Gasteiger partial charge in [0.25, 0.3) is 0 Å². The van der Waals surface area contributed by atoms with E-state index in [0.717, 1.165) is 19.3 Å². The molecule has 1 aliphatic heterocycles. The molecule has 1 aromatic heterocycles. The number of benzene rings is 1. The number of halogens is 2. The van der Waals surface area contributed by atoms with Crippen molar-refractivity contribution in [2.45, 2.75) is 30.8 Å². The zero-order valence-corrected chi connectivity index (χ0v) is 19.6. The fourth-order valence-corrected chi connectivity index (χ4v) is 4.31. The second kappa shape index (κ2) is 10.5. The SMILES string of the molecule is COc1cc2ncnc(NC3=CC(Cl)C(F)C=C3)c2cc1NC(=O)/C=C/C[N+]1([O-])CCCCC1. The van der Waals surface area contributed by atoms with E-state index in [0.29, 0.717) is 46.9 Å². The van der Waals surface area contributed by atoms with Gasteiger partial charge in [0.2, 0.25) is 5.91 Å². The van der Waals surface area contributed by atoms with Crippen molar-refractivity contribution >= 4 is 39.9 Å². The van der Waals surface area contributed by atoms with Gasteiger partial charge in [0.05, 0.1) is 43.3 Å². The Kier molecular flexibility index (Phi) is 7.45.